The average molecular weight is 497 g/mol. The molecule has 3 N–H and O–H groups in total. The zero-order valence-corrected chi connectivity index (χ0v) is 19.6. The van der Waals surface area contributed by atoms with E-state index in [0.29, 0.717) is 21.5 Å². The van der Waals surface area contributed by atoms with Crippen LogP contribution in [0.1, 0.15) is 5.56 Å². The first-order valence-electron chi connectivity index (χ1n) is 11.6. The number of nitriles is 1. The number of aliphatic hydroxyl groups is 1. The van der Waals surface area contributed by atoms with Gasteiger partial charge in [0.1, 0.15) is 29.9 Å². The fourth-order valence-corrected chi connectivity index (χ4v) is 5.38. The summed E-state index contributed by atoms with van der Waals surface area (Å²) in [7, 11) is 0. The highest BCUT2D eigenvalue weighted by atomic mass is 35.5. The van der Waals surface area contributed by atoms with Crippen LogP contribution in [0.25, 0.3) is 22.0 Å². The first-order chi connectivity index (χ1) is 17.0. The minimum Gasteiger partial charge on any atom is -0.468 e. The topological polar surface area (TPSA) is 115 Å². The summed E-state index contributed by atoms with van der Waals surface area (Å²) in [5.74, 6) is 6.57. The number of fused-ring (bicyclic) bond motifs is 2. The molecule has 1 aromatic heterocycles. The molecule has 0 bridgehead atoms. The van der Waals surface area contributed by atoms with Crippen LogP contribution in [0.5, 0.6) is 5.88 Å². The molecule has 3 saturated heterocycles. The number of anilines is 1. The van der Waals surface area contributed by atoms with Crippen molar-refractivity contribution in [3.63, 3.8) is 0 Å². The maximum Gasteiger partial charge on any atom is 0.232 e. The third kappa shape index (κ3) is 3.78. The van der Waals surface area contributed by atoms with Crippen LogP contribution in [0.15, 0.2) is 36.4 Å². The maximum absolute atomic E-state index is 10.0. The number of nitrogen functional groups attached to an aromatic ring is 1. The van der Waals surface area contributed by atoms with Crippen molar-refractivity contribution in [3.05, 3.63) is 47.0 Å². The van der Waals surface area contributed by atoms with E-state index in [4.69, 9.17) is 36.4 Å². The molecule has 3 aliphatic heterocycles. The Bertz CT molecular complexity index is 1300. The summed E-state index contributed by atoms with van der Waals surface area (Å²) < 4.78 is 24.2. The Balaban J connectivity index is 1.34. The Hall–Kier alpha value is -3.00. The fraction of sp³-hybridized carbons (Fsp3) is 0.400. The van der Waals surface area contributed by atoms with Gasteiger partial charge in [0.15, 0.2) is 6.10 Å². The number of hydrogen-bond donors (Lipinski definition) is 2. The largest absolute Gasteiger partial charge is 0.468 e. The number of aliphatic hydroxyl groups excluding tert-OH is 1. The second kappa shape index (κ2) is 8.90. The Labute approximate surface area is 207 Å². The number of benzene rings is 2. The van der Waals surface area contributed by atoms with Crippen LogP contribution in [-0.4, -0.2) is 73.7 Å². The van der Waals surface area contributed by atoms with Crippen molar-refractivity contribution in [2.45, 2.75) is 24.4 Å². The van der Waals surface area contributed by atoms with Gasteiger partial charge in [-0.1, -0.05) is 23.7 Å². The summed E-state index contributed by atoms with van der Waals surface area (Å²) in [6.45, 7) is 3.60. The molecule has 4 heterocycles. The lowest BCUT2D eigenvalue weighted by Gasteiger charge is -2.29. The minimum absolute atomic E-state index is 0.190. The molecule has 0 saturated carbocycles. The standard InChI is InChI=1S/C25H25ClN4O5/c26-19-10-20-17(9-16(19)14-1-3-15(4-2-14)29-5-7-32-8-6-29)18(11-27)25(30(20)28)35-22-13-34-23-21(31)12-33-24(22)23/h1-4,9-10,21-24,31H,5-8,12-13,28H2/t21-,22-,23?,24-/m1/s1. The van der Waals surface area contributed by atoms with Gasteiger partial charge in [-0.15, -0.1) is 0 Å². The van der Waals surface area contributed by atoms with Gasteiger partial charge in [-0.05, 0) is 29.8 Å². The molecule has 1 unspecified atom stereocenters. The van der Waals surface area contributed by atoms with Crippen LogP contribution in [0.3, 0.4) is 0 Å². The minimum atomic E-state index is -0.691. The van der Waals surface area contributed by atoms with Crippen LogP contribution in [0.4, 0.5) is 5.69 Å². The molecule has 6 rings (SSSR count). The van der Waals surface area contributed by atoms with Crippen molar-refractivity contribution in [2.24, 2.45) is 0 Å². The lowest BCUT2D eigenvalue weighted by Crippen LogP contribution is -2.36. The normalized spacial score (nSPS) is 26.1. The number of nitrogens with two attached hydrogens (primary N) is 1. The van der Waals surface area contributed by atoms with E-state index in [9.17, 15) is 10.4 Å². The molecule has 0 amide bonds. The van der Waals surface area contributed by atoms with Gasteiger partial charge < -0.3 is 34.8 Å². The maximum atomic E-state index is 10.0. The molecule has 3 aliphatic rings. The molecule has 2 aromatic carbocycles. The zero-order valence-electron chi connectivity index (χ0n) is 18.9. The van der Waals surface area contributed by atoms with Crippen LogP contribution in [0, 0.1) is 11.3 Å². The predicted octanol–water partition coefficient (Wildman–Crippen LogP) is 2.29. The molecule has 9 nitrogen and oxygen atoms in total. The van der Waals surface area contributed by atoms with Crippen molar-refractivity contribution in [1.82, 2.24) is 4.68 Å². The van der Waals surface area contributed by atoms with E-state index in [0.717, 1.165) is 43.1 Å². The van der Waals surface area contributed by atoms with Gasteiger partial charge in [-0.2, -0.15) is 5.26 Å². The van der Waals surface area contributed by atoms with Crippen molar-refractivity contribution < 1.29 is 24.1 Å². The van der Waals surface area contributed by atoms with E-state index in [1.165, 1.54) is 4.68 Å². The Kier molecular flexibility index (Phi) is 5.71. The third-order valence-electron chi connectivity index (χ3n) is 6.96. The van der Waals surface area contributed by atoms with Gasteiger partial charge in [0.05, 0.1) is 37.0 Å². The fourth-order valence-electron chi connectivity index (χ4n) is 5.11. The molecule has 10 heteroatoms. The molecule has 3 fully saturated rings. The van der Waals surface area contributed by atoms with Crippen LogP contribution >= 0.6 is 11.6 Å². The summed E-state index contributed by atoms with van der Waals surface area (Å²) in [4.78, 5) is 2.29. The lowest BCUT2D eigenvalue weighted by molar-refractivity contribution is 0.00738. The quantitative estimate of drug-likeness (QED) is 0.529. The first-order valence-corrected chi connectivity index (χ1v) is 12.0. The summed E-state index contributed by atoms with van der Waals surface area (Å²) in [5.41, 5.74) is 3.76. The summed E-state index contributed by atoms with van der Waals surface area (Å²) >= 11 is 6.67. The first kappa shape index (κ1) is 22.5. The van der Waals surface area contributed by atoms with Gasteiger partial charge in [-0.25, -0.2) is 4.68 Å². The van der Waals surface area contributed by atoms with Gasteiger partial charge in [0, 0.05) is 29.7 Å². The Morgan fingerprint density at radius 3 is 2.57 bits per heavy atom. The second-order valence-electron chi connectivity index (χ2n) is 8.98. The van der Waals surface area contributed by atoms with E-state index in [1.807, 2.05) is 18.2 Å². The SMILES string of the molecule is N#Cc1c(O[C@@H]2COC3[C@H](O)CO[C@@H]32)n(N)c2cc(Cl)c(-c3ccc(N4CCOCC4)cc3)cc12. The summed E-state index contributed by atoms with van der Waals surface area (Å²) in [6, 6.07) is 14.1. The number of hydrogen-bond acceptors (Lipinski definition) is 8. The molecular formula is C25H25ClN4O5. The van der Waals surface area contributed by atoms with Crippen LogP contribution in [-0.2, 0) is 14.2 Å². The number of rotatable bonds is 4. The third-order valence-corrected chi connectivity index (χ3v) is 7.27. The van der Waals surface area contributed by atoms with Crippen molar-refractivity contribution in [2.75, 3.05) is 50.3 Å². The average Bonchev–Trinajstić information content (AvgIpc) is 3.54. The highest BCUT2D eigenvalue weighted by Gasteiger charge is 2.49. The van der Waals surface area contributed by atoms with Crippen LogP contribution in [0.2, 0.25) is 5.02 Å². The van der Waals surface area contributed by atoms with E-state index < -0.39 is 24.4 Å². The van der Waals surface area contributed by atoms with Gasteiger partial charge in [0.2, 0.25) is 5.88 Å². The van der Waals surface area contributed by atoms with Gasteiger partial charge in [0.25, 0.3) is 0 Å². The molecule has 3 aromatic rings. The predicted molar refractivity (Wildman–Crippen MR) is 130 cm³/mol. The number of aromatic nitrogens is 1. The van der Waals surface area contributed by atoms with Crippen LogP contribution < -0.4 is 15.5 Å². The zero-order chi connectivity index (χ0) is 24.1. The van der Waals surface area contributed by atoms with Crippen molar-refractivity contribution >= 4 is 28.2 Å². The van der Waals surface area contributed by atoms with E-state index in [2.05, 4.69) is 23.1 Å². The number of nitrogens with zero attached hydrogens (tertiary/aromatic N) is 3. The second-order valence-corrected chi connectivity index (χ2v) is 9.38. The van der Waals surface area contributed by atoms with Crippen molar-refractivity contribution in [3.8, 4) is 23.1 Å². The molecule has 4 atom stereocenters. The molecule has 182 valence electrons. The molecule has 0 spiro atoms. The lowest BCUT2D eigenvalue weighted by atomic mass is 10.0. The monoisotopic (exact) mass is 496 g/mol. The van der Waals surface area contributed by atoms with E-state index in [1.54, 1.807) is 6.07 Å². The Morgan fingerprint density at radius 2 is 1.83 bits per heavy atom. The highest BCUT2D eigenvalue weighted by Crippen LogP contribution is 2.39. The smallest absolute Gasteiger partial charge is 0.232 e. The van der Waals surface area contributed by atoms with Gasteiger partial charge >= 0.3 is 0 Å². The van der Waals surface area contributed by atoms with Crippen molar-refractivity contribution in [1.29, 1.82) is 5.26 Å². The van der Waals surface area contributed by atoms with Gasteiger partial charge in [-0.3, -0.25) is 0 Å². The van der Waals surface area contributed by atoms with E-state index in [-0.39, 0.29) is 19.1 Å². The number of ether oxygens (including phenoxy) is 4. The Morgan fingerprint density at radius 1 is 1.09 bits per heavy atom. The highest BCUT2D eigenvalue weighted by molar-refractivity contribution is 6.34. The molecule has 0 radical (unpaired) electrons. The molecular weight excluding hydrogens is 472 g/mol. The summed E-state index contributed by atoms with van der Waals surface area (Å²) in [5, 5.41) is 21.2. The number of halogens is 1. The summed E-state index contributed by atoms with van der Waals surface area (Å²) in [6.07, 6.45) is -2.04. The molecule has 0 aliphatic carbocycles. The molecule has 35 heavy (non-hydrogen) atoms. The van der Waals surface area contributed by atoms with E-state index >= 15 is 0 Å². The number of morpholine rings is 1.